The van der Waals surface area contributed by atoms with Crippen LogP contribution in [-0.4, -0.2) is 21.6 Å². The number of amides is 1. The standard InChI is InChI=1S/C37H27FN4O3/c38-30-14-12-28(13-15-30)27-8-6-25(7-9-27)23-42-19-18-32-34(41-31-3-1-2-26(20-31)21-39)17-16-33(35(32)42)36(43)40-22-24-4-10-29(11-5-24)37(44)45/h1-20,41H,22-23H2,(H,40,43)(H,44,45). The minimum atomic E-state index is -1.01. The summed E-state index contributed by atoms with van der Waals surface area (Å²) in [6.07, 6.45) is 1.94. The van der Waals surface area contributed by atoms with Gasteiger partial charge >= 0.3 is 5.97 Å². The molecule has 0 saturated carbocycles. The topological polar surface area (TPSA) is 107 Å². The molecule has 7 nitrogen and oxygen atoms in total. The molecule has 0 saturated heterocycles. The van der Waals surface area contributed by atoms with E-state index in [1.54, 1.807) is 42.5 Å². The molecule has 0 aliphatic rings. The van der Waals surface area contributed by atoms with Crippen molar-refractivity contribution in [2.75, 3.05) is 5.32 Å². The summed E-state index contributed by atoms with van der Waals surface area (Å²) in [5.41, 5.74) is 7.15. The highest BCUT2D eigenvalue weighted by Gasteiger charge is 2.17. The number of anilines is 2. The number of nitrogens with zero attached hydrogens (tertiary/aromatic N) is 2. The SMILES string of the molecule is N#Cc1cccc(Nc2ccc(C(=O)NCc3ccc(C(=O)O)cc3)c3c2ccn3Cc2ccc(-c3ccc(F)cc3)cc2)c1. The highest BCUT2D eigenvalue weighted by atomic mass is 19.1. The Morgan fingerprint density at radius 2 is 1.51 bits per heavy atom. The highest BCUT2D eigenvalue weighted by molar-refractivity contribution is 6.09. The van der Waals surface area contributed by atoms with Gasteiger partial charge in [-0.15, -0.1) is 0 Å². The van der Waals surface area contributed by atoms with E-state index in [9.17, 15) is 19.2 Å². The summed E-state index contributed by atoms with van der Waals surface area (Å²) in [4.78, 5) is 24.8. The second-order valence-electron chi connectivity index (χ2n) is 10.6. The van der Waals surface area contributed by atoms with E-state index in [1.165, 1.54) is 24.3 Å². The predicted octanol–water partition coefficient (Wildman–Crippen LogP) is 7.74. The van der Waals surface area contributed by atoms with E-state index < -0.39 is 5.97 Å². The number of aromatic carboxylic acids is 1. The molecule has 220 valence electrons. The van der Waals surface area contributed by atoms with E-state index in [0.29, 0.717) is 17.7 Å². The quantitative estimate of drug-likeness (QED) is 0.159. The minimum Gasteiger partial charge on any atom is -0.478 e. The number of carboxylic acids is 1. The largest absolute Gasteiger partial charge is 0.478 e. The lowest BCUT2D eigenvalue weighted by molar-refractivity contribution is 0.0696. The van der Waals surface area contributed by atoms with Crippen molar-refractivity contribution in [1.82, 2.24) is 9.88 Å². The summed E-state index contributed by atoms with van der Waals surface area (Å²) in [7, 11) is 0. The third kappa shape index (κ3) is 6.43. The van der Waals surface area contributed by atoms with Crippen molar-refractivity contribution in [1.29, 1.82) is 5.26 Å². The molecule has 0 atom stereocenters. The van der Waals surface area contributed by atoms with Crippen molar-refractivity contribution >= 4 is 34.2 Å². The van der Waals surface area contributed by atoms with E-state index in [0.717, 1.165) is 44.5 Å². The number of nitrogens with one attached hydrogen (secondary N) is 2. The average Bonchev–Trinajstić information content (AvgIpc) is 3.49. The van der Waals surface area contributed by atoms with Gasteiger partial charge in [-0.3, -0.25) is 4.79 Å². The van der Waals surface area contributed by atoms with E-state index in [2.05, 4.69) is 16.7 Å². The monoisotopic (exact) mass is 594 g/mol. The van der Waals surface area contributed by atoms with Crippen LogP contribution < -0.4 is 10.6 Å². The first-order valence-electron chi connectivity index (χ1n) is 14.2. The molecule has 0 spiro atoms. The van der Waals surface area contributed by atoms with Crippen LogP contribution in [0.5, 0.6) is 0 Å². The Balaban J connectivity index is 1.31. The Labute approximate surface area is 258 Å². The lowest BCUT2D eigenvalue weighted by atomic mass is 10.0. The smallest absolute Gasteiger partial charge is 0.335 e. The minimum absolute atomic E-state index is 0.179. The molecule has 0 bridgehead atoms. The predicted molar refractivity (Wildman–Crippen MR) is 172 cm³/mol. The van der Waals surface area contributed by atoms with Crippen LogP contribution in [0.3, 0.4) is 0 Å². The van der Waals surface area contributed by atoms with Crippen LogP contribution in [0.2, 0.25) is 0 Å². The van der Waals surface area contributed by atoms with Gasteiger partial charge in [0.15, 0.2) is 0 Å². The maximum absolute atomic E-state index is 13.6. The number of carbonyl (C=O) groups excluding carboxylic acids is 1. The van der Waals surface area contributed by atoms with Gasteiger partial charge in [0.2, 0.25) is 0 Å². The van der Waals surface area contributed by atoms with Gasteiger partial charge in [0.25, 0.3) is 5.91 Å². The molecule has 0 fully saturated rings. The summed E-state index contributed by atoms with van der Waals surface area (Å²) in [6, 6.07) is 35.7. The second kappa shape index (κ2) is 12.6. The van der Waals surface area contributed by atoms with Gasteiger partial charge in [0.05, 0.1) is 28.3 Å². The Hall–Kier alpha value is -6.20. The van der Waals surface area contributed by atoms with E-state index in [1.807, 2.05) is 59.3 Å². The number of fused-ring (bicyclic) bond motifs is 1. The number of hydrogen-bond acceptors (Lipinski definition) is 4. The molecule has 8 heteroatoms. The van der Waals surface area contributed by atoms with Crippen molar-refractivity contribution in [3.63, 3.8) is 0 Å². The van der Waals surface area contributed by atoms with Crippen LogP contribution in [0.15, 0.2) is 121 Å². The van der Waals surface area contributed by atoms with Crippen LogP contribution in [0.1, 0.15) is 37.4 Å². The first-order valence-corrected chi connectivity index (χ1v) is 14.2. The normalized spacial score (nSPS) is 10.8. The molecular weight excluding hydrogens is 567 g/mol. The summed E-state index contributed by atoms with van der Waals surface area (Å²) in [5, 5.41) is 25.7. The van der Waals surface area contributed by atoms with Gasteiger partial charge in [-0.2, -0.15) is 5.26 Å². The molecule has 1 amide bonds. The molecule has 1 heterocycles. The first-order chi connectivity index (χ1) is 21.9. The Morgan fingerprint density at radius 3 is 2.20 bits per heavy atom. The van der Waals surface area contributed by atoms with Crippen LogP contribution in [0, 0.1) is 17.1 Å². The van der Waals surface area contributed by atoms with Gasteiger partial charge < -0.3 is 20.3 Å². The summed E-state index contributed by atoms with van der Waals surface area (Å²) in [5.74, 6) is -1.56. The molecule has 6 aromatic rings. The number of nitriles is 1. The van der Waals surface area contributed by atoms with Crippen molar-refractivity contribution in [3.8, 4) is 17.2 Å². The van der Waals surface area contributed by atoms with Gasteiger partial charge in [-0.05, 0) is 82.9 Å². The zero-order valence-electron chi connectivity index (χ0n) is 24.0. The zero-order valence-corrected chi connectivity index (χ0v) is 24.0. The van der Waals surface area contributed by atoms with Crippen molar-refractivity contribution in [2.45, 2.75) is 13.1 Å². The number of benzene rings is 5. The third-order valence-electron chi connectivity index (χ3n) is 7.58. The summed E-state index contributed by atoms with van der Waals surface area (Å²) in [6.45, 7) is 0.726. The molecular formula is C37H27FN4O3. The van der Waals surface area contributed by atoms with Crippen molar-refractivity contribution in [3.05, 3.63) is 155 Å². The Kier molecular flexibility index (Phi) is 8.08. The lowest BCUT2D eigenvalue weighted by Crippen LogP contribution is -2.23. The maximum atomic E-state index is 13.6. The first kappa shape index (κ1) is 28.9. The molecule has 0 aliphatic carbocycles. The van der Waals surface area contributed by atoms with Crippen LogP contribution in [0.25, 0.3) is 22.0 Å². The number of carboxylic acid groups (broad SMARTS) is 1. The zero-order chi connectivity index (χ0) is 31.3. The summed E-state index contributed by atoms with van der Waals surface area (Å²) < 4.78 is 15.4. The molecule has 0 aliphatic heterocycles. The fraction of sp³-hybridized carbons (Fsp3) is 0.0541. The van der Waals surface area contributed by atoms with Gasteiger partial charge in [-0.1, -0.05) is 54.6 Å². The number of aromatic nitrogens is 1. The number of hydrogen-bond donors (Lipinski definition) is 3. The van der Waals surface area contributed by atoms with Crippen molar-refractivity contribution < 1.29 is 19.1 Å². The second-order valence-corrected chi connectivity index (χ2v) is 10.6. The van der Waals surface area contributed by atoms with E-state index in [-0.39, 0.29) is 23.8 Å². The number of carbonyl (C=O) groups is 2. The molecule has 3 N–H and O–H groups in total. The fourth-order valence-corrected chi connectivity index (χ4v) is 5.26. The molecule has 45 heavy (non-hydrogen) atoms. The summed E-state index contributed by atoms with van der Waals surface area (Å²) >= 11 is 0. The molecule has 0 unspecified atom stereocenters. The van der Waals surface area contributed by atoms with E-state index >= 15 is 0 Å². The van der Waals surface area contributed by atoms with Gasteiger partial charge in [-0.25, -0.2) is 9.18 Å². The average molecular weight is 595 g/mol. The Bertz CT molecular complexity index is 2060. The fourth-order valence-electron chi connectivity index (χ4n) is 5.26. The van der Waals surface area contributed by atoms with Crippen LogP contribution in [0.4, 0.5) is 15.8 Å². The highest BCUT2D eigenvalue weighted by Crippen LogP contribution is 2.32. The van der Waals surface area contributed by atoms with Gasteiger partial charge in [0, 0.05) is 36.0 Å². The van der Waals surface area contributed by atoms with Crippen LogP contribution >= 0.6 is 0 Å². The molecule has 1 aromatic heterocycles. The van der Waals surface area contributed by atoms with Gasteiger partial charge in [0.1, 0.15) is 5.82 Å². The Morgan fingerprint density at radius 1 is 0.822 bits per heavy atom. The number of rotatable bonds is 9. The van der Waals surface area contributed by atoms with Crippen LogP contribution in [-0.2, 0) is 13.1 Å². The number of halogens is 1. The third-order valence-corrected chi connectivity index (χ3v) is 7.58. The van der Waals surface area contributed by atoms with E-state index in [4.69, 9.17) is 5.11 Å². The molecule has 5 aromatic carbocycles. The maximum Gasteiger partial charge on any atom is 0.335 e. The molecule has 0 radical (unpaired) electrons. The van der Waals surface area contributed by atoms with Crippen molar-refractivity contribution in [2.24, 2.45) is 0 Å². The molecule has 6 rings (SSSR count). The lowest BCUT2D eigenvalue weighted by Gasteiger charge is -2.14.